The summed E-state index contributed by atoms with van der Waals surface area (Å²) in [5.41, 5.74) is -0.862. The van der Waals surface area contributed by atoms with Crippen LogP contribution in [0.4, 0.5) is 13.2 Å². The van der Waals surface area contributed by atoms with Crippen LogP contribution in [-0.2, 0) is 11.0 Å². The predicted molar refractivity (Wildman–Crippen MR) is 89.5 cm³/mol. The molecule has 0 radical (unpaired) electrons. The van der Waals surface area contributed by atoms with Crippen LogP contribution >= 0.6 is 0 Å². The monoisotopic (exact) mass is 369 g/mol. The van der Waals surface area contributed by atoms with Crippen LogP contribution in [-0.4, -0.2) is 48.9 Å². The molecule has 2 N–H and O–H groups in total. The molecule has 1 aromatic carbocycles. The normalized spacial score (nSPS) is 23.3. The Morgan fingerprint density at radius 2 is 1.96 bits per heavy atom. The van der Waals surface area contributed by atoms with Gasteiger partial charge in [-0.15, -0.1) is 0 Å². The lowest BCUT2D eigenvalue weighted by atomic mass is 10.0. The van der Waals surface area contributed by atoms with Crippen molar-refractivity contribution in [1.29, 1.82) is 0 Å². The minimum Gasteiger partial charge on any atom is -0.352 e. The molecule has 26 heavy (non-hydrogen) atoms. The lowest BCUT2D eigenvalue weighted by molar-refractivity contribution is -0.137. The quantitative estimate of drug-likeness (QED) is 0.854. The molecule has 0 spiro atoms. The number of benzene rings is 1. The molecule has 0 unspecified atom stereocenters. The molecule has 0 aliphatic carbocycles. The summed E-state index contributed by atoms with van der Waals surface area (Å²) in [5, 5.41) is 5.86. The van der Waals surface area contributed by atoms with Gasteiger partial charge < -0.3 is 15.5 Å². The summed E-state index contributed by atoms with van der Waals surface area (Å²) in [5.74, 6) is -0.346. The highest BCUT2D eigenvalue weighted by Gasteiger charge is 2.33. The molecule has 2 fully saturated rings. The van der Waals surface area contributed by atoms with Gasteiger partial charge in [0.05, 0.1) is 11.6 Å². The number of alkyl halides is 3. The molecular weight excluding hydrogens is 347 g/mol. The summed E-state index contributed by atoms with van der Waals surface area (Å²) in [6.45, 7) is 2.53. The fourth-order valence-corrected chi connectivity index (χ4v) is 3.49. The largest absolute Gasteiger partial charge is 0.416 e. The van der Waals surface area contributed by atoms with Crippen molar-refractivity contribution in [2.24, 2.45) is 5.92 Å². The Hall–Kier alpha value is -2.09. The summed E-state index contributed by atoms with van der Waals surface area (Å²) < 4.78 is 38.2. The number of hydrogen-bond donors (Lipinski definition) is 2. The zero-order valence-electron chi connectivity index (χ0n) is 14.3. The Balaban J connectivity index is 1.50. The second-order valence-electron chi connectivity index (χ2n) is 6.88. The Morgan fingerprint density at radius 1 is 1.23 bits per heavy atom. The van der Waals surface area contributed by atoms with Crippen molar-refractivity contribution in [3.05, 3.63) is 35.4 Å². The van der Waals surface area contributed by atoms with E-state index in [1.54, 1.807) is 0 Å². The highest BCUT2D eigenvalue weighted by molar-refractivity contribution is 5.94. The average Bonchev–Trinajstić information content (AvgIpc) is 3.30. The molecule has 0 bridgehead atoms. The van der Waals surface area contributed by atoms with Crippen molar-refractivity contribution >= 4 is 11.8 Å². The van der Waals surface area contributed by atoms with Crippen LogP contribution in [0.2, 0.25) is 0 Å². The second-order valence-corrected chi connectivity index (χ2v) is 6.88. The molecule has 0 saturated carbocycles. The molecular formula is C18H22F3N3O2. The van der Waals surface area contributed by atoms with Crippen LogP contribution in [0.15, 0.2) is 24.3 Å². The fourth-order valence-electron chi connectivity index (χ4n) is 3.49. The minimum atomic E-state index is -4.48. The lowest BCUT2D eigenvalue weighted by Gasteiger charge is -2.20. The number of nitrogens with zero attached hydrogens (tertiary/aromatic N) is 1. The summed E-state index contributed by atoms with van der Waals surface area (Å²) in [6.07, 6.45) is -1.78. The third-order valence-corrected chi connectivity index (χ3v) is 4.94. The maximum absolute atomic E-state index is 12.7. The summed E-state index contributed by atoms with van der Waals surface area (Å²) >= 11 is 0. The molecule has 2 heterocycles. The number of carbonyl (C=O) groups excluding carboxylic acids is 2. The van der Waals surface area contributed by atoms with Crippen molar-refractivity contribution in [2.45, 2.75) is 31.5 Å². The minimum absolute atomic E-state index is 0.0181. The van der Waals surface area contributed by atoms with E-state index in [2.05, 4.69) is 10.6 Å². The van der Waals surface area contributed by atoms with E-state index in [0.29, 0.717) is 19.5 Å². The third kappa shape index (κ3) is 4.35. The third-order valence-electron chi connectivity index (χ3n) is 4.94. The Morgan fingerprint density at radius 3 is 2.65 bits per heavy atom. The summed E-state index contributed by atoms with van der Waals surface area (Å²) in [6, 6.07) is 4.13. The van der Waals surface area contributed by atoms with Crippen LogP contribution in [0, 0.1) is 5.92 Å². The maximum Gasteiger partial charge on any atom is 0.416 e. The van der Waals surface area contributed by atoms with E-state index in [-0.39, 0.29) is 23.4 Å². The van der Waals surface area contributed by atoms with Gasteiger partial charge in [0, 0.05) is 31.7 Å². The first-order chi connectivity index (χ1) is 12.3. The van der Waals surface area contributed by atoms with Gasteiger partial charge in [-0.1, -0.05) is 6.07 Å². The number of rotatable bonds is 4. The first-order valence-corrected chi connectivity index (χ1v) is 8.82. The SMILES string of the molecule is O=C(NC[C@@H]1CN[C@H](C(=O)N2CCCC2)C1)c1cccc(C(F)(F)F)c1. The molecule has 2 atom stereocenters. The van der Waals surface area contributed by atoms with E-state index in [4.69, 9.17) is 0 Å². The van der Waals surface area contributed by atoms with Crippen molar-refractivity contribution in [1.82, 2.24) is 15.5 Å². The van der Waals surface area contributed by atoms with Crippen molar-refractivity contribution in [3.63, 3.8) is 0 Å². The zero-order valence-corrected chi connectivity index (χ0v) is 14.3. The highest BCUT2D eigenvalue weighted by Crippen LogP contribution is 2.29. The second kappa shape index (κ2) is 7.65. The Kier molecular flexibility index (Phi) is 5.50. The molecule has 2 amide bonds. The first-order valence-electron chi connectivity index (χ1n) is 8.82. The van der Waals surface area contributed by atoms with Crippen molar-refractivity contribution in [3.8, 4) is 0 Å². The molecule has 142 valence electrons. The Labute approximate surface area is 149 Å². The number of hydrogen-bond acceptors (Lipinski definition) is 3. The van der Waals surface area contributed by atoms with Crippen LogP contribution in [0.5, 0.6) is 0 Å². The summed E-state index contributed by atoms with van der Waals surface area (Å²) in [7, 11) is 0. The van der Waals surface area contributed by atoms with E-state index in [1.165, 1.54) is 12.1 Å². The molecule has 2 aliphatic rings. The van der Waals surface area contributed by atoms with E-state index in [9.17, 15) is 22.8 Å². The van der Waals surface area contributed by atoms with Gasteiger partial charge >= 0.3 is 6.18 Å². The van der Waals surface area contributed by atoms with Gasteiger partial charge in [-0.25, -0.2) is 0 Å². The maximum atomic E-state index is 12.7. The smallest absolute Gasteiger partial charge is 0.352 e. The van der Waals surface area contributed by atoms with Gasteiger partial charge in [0.15, 0.2) is 0 Å². The van der Waals surface area contributed by atoms with Gasteiger partial charge in [-0.05, 0) is 43.4 Å². The Bertz CT molecular complexity index is 672. The van der Waals surface area contributed by atoms with Gasteiger partial charge in [-0.2, -0.15) is 13.2 Å². The zero-order chi connectivity index (χ0) is 18.7. The van der Waals surface area contributed by atoms with Crippen LogP contribution < -0.4 is 10.6 Å². The van der Waals surface area contributed by atoms with E-state index < -0.39 is 17.6 Å². The van der Waals surface area contributed by atoms with E-state index >= 15 is 0 Å². The van der Waals surface area contributed by atoms with E-state index in [0.717, 1.165) is 38.1 Å². The number of nitrogens with one attached hydrogen (secondary N) is 2. The molecule has 3 rings (SSSR count). The molecule has 1 aromatic rings. The van der Waals surface area contributed by atoms with Gasteiger partial charge in [0.2, 0.25) is 5.91 Å². The van der Waals surface area contributed by atoms with Gasteiger partial charge in [0.25, 0.3) is 5.91 Å². The molecule has 2 aliphatic heterocycles. The standard InChI is InChI=1S/C18H22F3N3O2/c19-18(20,21)14-5-3-4-13(9-14)16(25)23-11-12-8-15(22-10-12)17(26)24-6-1-2-7-24/h3-5,9,12,15,22H,1-2,6-8,10-11H2,(H,23,25)/t12-,15-/m0/s1. The van der Waals surface area contributed by atoms with Gasteiger partial charge in [-0.3, -0.25) is 9.59 Å². The molecule has 2 saturated heterocycles. The molecule has 5 nitrogen and oxygen atoms in total. The lowest BCUT2D eigenvalue weighted by Crippen LogP contribution is -2.42. The number of likely N-dealkylation sites (tertiary alicyclic amines) is 1. The van der Waals surface area contributed by atoms with Crippen LogP contribution in [0.1, 0.15) is 35.2 Å². The van der Waals surface area contributed by atoms with Crippen molar-refractivity contribution < 1.29 is 22.8 Å². The predicted octanol–water partition coefficient (Wildman–Crippen LogP) is 2.04. The van der Waals surface area contributed by atoms with Crippen LogP contribution in [0.3, 0.4) is 0 Å². The first kappa shape index (κ1) is 18.7. The topological polar surface area (TPSA) is 61.4 Å². The fraction of sp³-hybridized carbons (Fsp3) is 0.556. The number of carbonyl (C=O) groups is 2. The molecule has 8 heteroatoms. The number of amides is 2. The van der Waals surface area contributed by atoms with Gasteiger partial charge in [0.1, 0.15) is 0 Å². The molecule has 0 aromatic heterocycles. The van der Waals surface area contributed by atoms with E-state index in [1.807, 2.05) is 4.90 Å². The summed E-state index contributed by atoms with van der Waals surface area (Å²) in [4.78, 5) is 26.3. The highest BCUT2D eigenvalue weighted by atomic mass is 19.4. The van der Waals surface area contributed by atoms with Crippen LogP contribution in [0.25, 0.3) is 0 Å². The average molecular weight is 369 g/mol. The van der Waals surface area contributed by atoms with Crippen molar-refractivity contribution in [2.75, 3.05) is 26.2 Å². The number of halogens is 3.